The molecule has 5 heteroatoms. The van der Waals surface area contributed by atoms with Gasteiger partial charge in [-0.25, -0.2) is 4.68 Å². The average molecular weight is 398 g/mol. The highest BCUT2D eigenvalue weighted by Gasteiger charge is 2.15. The van der Waals surface area contributed by atoms with E-state index in [2.05, 4.69) is 33.7 Å². The summed E-state index contributed by atoms with van der Waals surface area (Å²) in [7, 11) is 1.71. The van der Waals surface area contributed by atoms with Crippen molar-refractivity contribution in [3.05, 3.63) is 46.2 Å². The Bertz CT molecular complexity index is 857. The maximum atomic E-state index is 5.33. The molecule has 0 amide bonds. The molecule has 4 rings (SSSR count). The minimum absolute atomic E-state index is 0.465. The number of hydrogen-bond acceptors (Lipinski definition) is 4. The van der Waals surface area contributed by atoms with Crippen molar-refractivity contribution in [2.75, 3.05) is 12.5 Å². The van der Waals surface area contributed by atoms with Crippen molar-refractivity contribution in [3.8, 4) is 17.0 Å². The molecule has 0 saturated heterocycles. The van der Waals surface area contributed by atoms with Crippen LogP contribution in [0.4, 0.5) is 0 Å². The van der Waals surface area contributed by atoms with E-state index in [0.29, 0.717) is 6.04 Å². The van der Waals surface area contributed by atoms with Gasteiger partial charge in [-0.2, -0.15) is 0 Å². The lowest BCUT2D eigenvalue weighted by Crippen LogP contribution is -2.28. The van der Waals surface area contributed by atoms with Gasteiger partial charge in [0.15, 0.2) is 0 Å². The maximum absolute atomic E-state index is 5.33. The van der Waals surface area contributed by atoms with Crippen molar-refractivity contribution >= 4 is 11.3 Å². The first-order valence-corrected chi connectivity index (χ1v) is 11.6. The quantitative estimate of drug-likeness (QED) is 0.687. The number of allylic oxidation sites excluding steroid dienone is 2. The SMILES string of the molecule is COc1ccc(-c2csc(=NC3CCCCC3)n2NC2=CCCCCC2)cc1. The van der Waals surface area contributed by atoms with Crippen molar-refractivity contribution in [1.29, 1.82) is 0 Å². The van der Waals surface area contributed by atoms with Gasteiger partial charge in [0.2, 0.25) is 4.80 Å². The lowest BCUT2D eigenvalue weighted by Gasteiger charge is -2.18. The molecule has 0 spiro atoms. The van der Waals surface area contributed by atoms with Crippen molar-refractivity contribution in [2.45, 2.75) is 70.3 Å². The standard InChI is InChI=1S/C23H31N3OS/c1-27-21-15-13-18(14-16-21)22-17-28-23(24-19-9-7-4-8-10-19)26(22)25-20-11-5-2-3-6-12-20/h11,13-17,19,25H,2-10,12H2,1H3. The highest BCUT2D eigenvalue weighted by atomic mass is 32.1. The minimum atomic E-state index is 0.465. The highest BCUT2D eigenvalue weighted by Crippen LogP contribution is 2.25. The summed E-state index contributed by atoms with van der Waals surface area (Å²) in [6, 6.07) is 8.78. The van der Waals surface area contributed by atoms with Gasteiger partial charge in [-0.05, 0) is 62.8 Å². The number of rotatable bonds is 5. The summed E-state index contributed by atoms with van der Waals surface area (Å²) in [5.41, 5.74) is 7.40. The number of hydrogen-bond donors (Lipinski definition) is 1. The second-order valence-corrected chi connectivity index (χ2v) is 8.67. The largest absolute Gasteiger partial charge is 0.497 e. The Morgan fingerprint density at radius 2 is 1.82 bits per heavy atom. The summed E-state index contributed by atoms with van der Waals surface area (Å²) in [5, 5.41) is 2.23. The van der Waals surface area contributed by atoms with Crippen LogP contribution in [-0.2, 0) is 0 Å². The zero-order valence-electron chi connectivity index (χ0n) is 16.8. The average Bonchev–Trinajstić information content (AvgIpc) is 2.95. The number of nitrogens with one attached hydrogen (secondary N) is 1. The predicted molar refractivity (Wildman–Crippen MR) is 117 cm³/mol. The molecular weight excluding hydrogens is 366 g/mol. The predicted octanol–water partition coefficient (Wildman–Crippen LogP) is 5.85. The van der Waals surface area contributed by atoms with E-state index in [4.69, 9.17) is 9.73 Å². The first-order chi connectivity index (χ1) is 13.8. The Labute approximate surface area is 171 Å². The number of nitrogens with zero attached hydrogens (tertiary/aromatic N) is 2. The molecule has 1 aromatic heterocycles. The normalized spacial score (nSPS) is 19.2. The third-order valence-corrected chi connectivity index (χ3v) is 6.60. The van der Waals surface area contributed by atoms with Gasteiger partial charge in [0, 0.05) is 16.6 Å². The second-order valence-electron chi connectivity index (χ2n) is 7.83. The van der Waals surface area contributed by atoms with Crippen molar-refractivity contribution in [2.24, 2.45) is 4.99 Å². The fraction of sp³-hybridized carbons (Fsp3) is 0.522. The summed E-state index contributed by atoms with van der Waals surface area (Å²) in [6.45, 7) is 0. The maximum Gasteiger partial charge on any atom is 0.204 e. The molecule has 0 aliphatic heterocycles. The fourth-order valence-corrected chi connectivity index (χ4v) is 5.02. The summed E-state index contributed by atoms with van der Waals surface area (Å²) < 4.78 is 7.55. The van der Waals surface area contributed by atoms with E-state index in [1.165, 1.54) is 74.7 Å². The van der Waals surface area contributed by atoms with E-state index in [1.807, 2.05) is 12.1 Å². The van der Waals surface area contributed by atoms with Gasteiger partial charge >= 0.3 is 0 Å². The Morgan fingerprint density at radius 3 is 2.61 bits per heavy atom. The Hall–Kier alpha value is -2.01. The van der Waals surface area contributed by atoms with Crippen molar-refractivity contribution in [1.82, 2.24) is 4.68 Å². The van der Waals surface area contributed by atoms with Gasteiger partial charge in [-0.15, -0.1) is 11.3 Å². The van der Waals surface area contributed by atoms with Gasteiger partial charge < -0.3 is 4.74 Å². The van der Waals surface area contributed by atoms with Gasteiger partial charge in [-0.1, -0.05) is 31.8 Å². The third kappa shape index (κ3) is 4.69. The molecule has 0 radical (unpaired) electrons. The molecule has 1 fully saturated rings. The topological polar surface area (TPSA) is 38.5 Å². The van der Waals surface area contributed by atoms with Crippen LogP contribution in [0.15, 0.2) is 46.4 Å². The van der Waals surface area contributed by atoms with E-state index in [0.717, 1.165) is 17.0 Å². The zero-order valence-corrected chi connectivity index (χ0v) is 17.6. The molecule has 2 aliphatic rings. The molecule has 0 bridgehead atoms. The Morgan fingerprint density at radius 1 is 1.04 bits per heavy atom. The van der Waals surface area contributed by atoms with Crippen LogP contribution in [0, 0.1) is 0 Å². The molecule has 150 valence electrons. The van der Waals surface area contributed by atoms with Crippen LogP contribution in [-0.4, -0.2) is 17.8 Å². The van der Waals surface area contributed by atoms with Crippen LogP contribution in [0.2, 0.25) is 0 Å². The molecule has 1 N–H and O–H groups in total. The van der Waals surface area contributed by atoms with Gasteiger partial charge in [0.1, 0.15) is 5.75 Å². The Balaban J connectivity index is 1.70. The number of benzene rings is 1. The van der Waals surface area contributed by atoms with Gasteiger partial charge in [0.25, 0.3) is 0 Å². The first kappa shape index (κ1) is 19.3. The van der Waals surface area contributed by atoms with E-state index >= 15 is 0 Å². The van der Waals surface area contributed by atoms with Crippen molar-refractivity contribution in [3.63, 3.8) is 0 Å². The number of thiazole rings is 1. The summed E-state index contributed by atoms with van der Waals surface area (Å²) >= 11 is 1.74. The summed E-state index contributed by atoms with van der Waals surface area (Å²) in [6.07, 6.45) is 15.0. The molecule has 0 unspecified atom stereocenters. The molecule has 1 heterocycles. The van der Waals surface area contributed by atoms with Crippen LogP contribution in [0.25, 0.3) is 11.3 Å². The van der Waals surface area contributed by atoms with Crippen molar-refractivity contribution < 1.29 is 4.74 Å². The highest BCUT2D eigenvalue weighted by molar-refractivity contribution is 7.07. The smallest absolute Gasteiger partial charge is 0.204 e. The number of aromatic nitrogens is 1. The molecule has 28 heavy (non-hydrogen) atoms. The molecule has 0 atom stereocenters. The lowest BCUT2D eigenvalue weighted by atomic mass is 9.96. The molecule has 2 aliphatic carbocycles. The second kappa shape index (κ2) is 9.46. The summed E-state index contributed by atoms with van der Waals surface area (Å²) in [5.74, 6) is 0.886. The zero-order chi connectivity index (χ0) is 19.2. The van der Waals surface area contributed by atoms with E-state index in [1.54, 1.807) is 18.4 Å². The van der Waals surface area contributed by atoms with Crippen LogP contribution >= 0.6 is 11.3 Å². The van der Waals surface area contributed by atoms with Crippen LogP contribution in [0.1, 0.15) is 64.2 Å². The van der Waals surface area contributed by atoms with Crippen LogP contribution in [0.5, 0.6) is 5.75 Å². The molecule has 1 aromatic carbocycles. The van der Waals surface area contributed by atoms with Gasteiger partial charge in [0.05, 0.1) is 18.8 Å². The van der Waals surface area contributed by atoms with E-state index < -0.39 is 0 Å². The van der Waals surface area contributed by atoms with E-state index in [9.17, 15) is 0 Å². The number of ether oxygens (including phenoxy) is 1. The molecule has 4 nitrogen and oxygen atoms in total. The fourth-order valence-electron chi connectivity index (χ4n) is 4.10. The lowest BCUT2D eigenvalue weighted by molar-refractivity contribution is 0.415. The number of methoxy groups -OCH3 is 1. The summed E-state index contributed by atoms with van der Waals surface area (Å²) in [4.78, 5) is 6.24. The Kier molecular flexibility index (Phi) is 6.53. The molecular formula is C23H31N3OS. The van der Waals surface area contributed by atoms with Crippen LogP contribution < -0.4 is 15.0 Å². The third-order valence-electron chi connectivity index (χ3n) is 5.76. The van der Waals surface area contributed by atoms with Crippen LogP contribution in [0.3, 0.4) is 0 Å². The monoisotopic (exact) mass is 397 g/mol. The molecule has 2 aromatic rings. The van der Waals surface area contributed by atoms with Gasteiger partial charge in [-0.3, -0.25) is 10.4 Å². The first-order valence-electron chi connectivity index (χ1n) is 10.7. The minimum Gasteiger partial charge on any atom is -0.497 e. The van der Waals surface area contributed by atoms with E-state index in [-0.39, 0.29) is 0 Å². The molecule has 1 saturated carbocycles.